The van der Waals surface area contributed by atoms with Crippen molar-refractivity contribution >= 4 is 23.2 Å². The maximum atomic E-state index is 13.3. The van der Waals surface area contributed by atoms with E-state index in [9.17, 15) is 18.4 Å². The van der Waals surface area contributed by atoms with Crippen molar-refractivity contribution in [3.8, 4) is 0 Å². The third-order valence-electron chi connectivity index (χ3n) is 4.28. The Morgan fingerprint density at radius 3 is 1.90 bits per heavy atom. The molecule has 1 aromatic heterocycles. The predicted molar refractivity (Wildman–Crippen MR) is 107 cm³/mol. The van der Waals surface area contributed by atoms with E-state index in [4.69, 9.17) is 0 Å². The fourth-order valence-corrected chi connectivity index (χ4v) is 2.62. The fourth-order valence-electron chi connectivity index (χ4n) is 2.62. The van der Waals surface area contributed by atoms with Crippen molar-refractivity contribution in [3.05, 3.63) is 89.2 Å². The molecule has 1 heterocycles. The average molecular weight is 395 g/mol. The first-order chi connectivity index (χ1) is 13.8. The monoisotopic (exact) mass is 395 g/mol. The zero-order valence-electron chi connectivity index (χ0n) is 15.9. The van der Waals surface area contributed by atoms with Crippen LogP contribution in [0.3, 0.4) is 0 Å². The van der Waals surface area contributed by atoms with E-state index in [-0.39, 0.29) is 16.8 Å². The molecule has 7 heteroatoms. The number of hydrogen-bond acceptors (Lipinski definition) is 3. The van der Waals surface area contributed by atoms with Crippen LogP contribution in [0.25, 0.3) is 0 Å². The Hall–Kier alpha value is -3.61. The summed E-state index contributed by atoms with van der Waals surface area (Å²) in [4.78, 5) is 28.7. The number of carbonyl (C=O) groups is 2. The van der Waals surface area contributed by atoms with Crippen LogP contribution < -0.4 is 10.6 Å². The number of amides is 2. The van der Waals surface area contributed by atoms with Gasteiger partial charge in [0.1, 0.15) is 0 Å². The Morgan fingerprint density at radius 2 is 1.34 bits per heavy atom. The highest BCUT2D eigenvalue weighted by Gasteiger charge is 2.13. The van der Waals surface area contributed by atoms with Crippen molar-refractivity contribution in [1.29, 1.82) is 0 Å². The van der Waals surface area contributed by atoms with E-state index < -0.39 is 23.4 Å². The lowest BCUT2D eigenvalue weighted by molar-refractivity contribution is 0.102. The Morgan fingerprint density at radius 1 is 0.793 bits per heavy atom. The quantitative estimate of drug-likeness (QED) is 0.640. The number of rotatable bonds is 5. The summed E-state index contributed by atoms with van der Waals surface area (Å²) in [5, 5.41) is 5.19. The lowest BCUT2D eigenvalue weighted by Gasteiger charge is -2.09. The zero-order chi connectivity index (χ0) is 21.0. The zero-order valence-corrected chi connectivity index (χ0v) is 15.9. The molecule has 0 bridgehead atoms. The van der Waals surface area contributed by atoms with Gasteiger partial charge in [-0.25, -0.2) is 8.78 Å². The van der Waals surface area contributed by atoms with Crippen molar-refractivity contribution in [2.75, 3.05) is 10.6 Å². The minimum Gasteiger partial charge on any atom is -0.322 e. The lowest BCUT2D eigenvalue weighted by Crippen LogP contribution is -2.16. The second-order valence-corrected chi connectivity index (χ2v) is 6.78. The minimum absolute atomic E-state index is 0.0917. The molecule has 0 aliphatic rings. The van der Waals surface area contributed by atoms with E-state index in [0.29, 0.717) is 11.6 Å². The maximum Gasteiger partial charge on any atom is 0.257 e. The number of hydrogen-bond donors (Lipinski definition) is 2. The van der Waals surface area contributed by atoms with Gasteiger partial charge in [-0.05, 0) is 41.8 Å². The molecule has 0 unspecified atom stereocenters. The normalized spacial score (nSPS) is 10.7. The van der Waals surface area contributed by atoms with Crippen LogP contribution in [0.2, 0.25) is 0 Å². The van der Waals surface area contributed by atoms with E-state index in [2.05, 4.69) is 29.5 Å². The smallest absolute Gasteiger partial charge is 0.257 e. The summed E-state index contributed by atoms with van der Waals surface area (Å²) >= 11 is 0. The molecule has 29 heavy (non-hydrogen) atoms. The first-order valence-electron chi connectivity index (χ1n) is 8.96. The molecule has 5 nitrogen and oxygen atoms in total. The van der Waals surface area contributed by atoms with Crippen LogP contribution in [-0.4, -0.2) is 16.8 Å². The van der Waals surface area contributed by atoms with Gasteiger partial charge in [-0.3, -0.25) is 14.6 Å². The van der Waals surface area contributed by atoms with Gasteiger partial charge in [0.15, 0.2) is 11.6 Å². The van der Waals surface area contributed by atoms with Crippen molar-refractivity contribution in [2.45, 2.75) is 19.8 Å². The number of carbonyl (C=O) groups excluding carboxylic acids is 2. The van der Waals surface area contributed by atoms with Gasteiger partial charge in [0.2, 0.25) is 0 Å². The van der Waals surface area contributed by atoms with E-state index in [1.807, 2.05) is 12.1 Å². The van der Waals surface area contributed by atoms with Crippen LogP contribution in [0.5, 0.6) is 0 Å². The van der Waals surface area contributed by atoms with E-state index in [1.165, 1.54) is 24.5 Å². The number of nitrogens with zero attached hydrogens (tertiary/aromatic N) is 1. The third-order valence-corrected chi connectivity index (χ3v) is 4.28. The molecule has 3 aromatic rings. The Labute approximate surface area is 166 Å². The molecule has 3 rings (SSSR count). The summed E-state index contributed by atoms with van der Waals surface area (Å²) in [6.07, 6.45) is 2.62. The molecule has 2 amide bonds. The lowest BCUT2D eigenvalue weighted by atomic mass is 10.0. The molecule has 0 radical (unpaired) electrons. The number of halogens is 2. The highest BCUT2D eigenvalue weighted by molar-refractivity contribution is 6.08. The van der Waals surface area contributed by atoms with Crippen molar-refractivity contribution in [1.82, 2.24) is 4.98 Å². The highest BCUT2D eigenvalue weighted by atomic mass is 19.2. The van der Waals surface area contributed by atoms with E-state index >= 15 is 0 Å². The summed E-state index contributed by atoms with van der Waals surface area (Å²) in [6, 6.07) is 11.9. The van der Waals surface area contributed by atoms with Gasteiger partial charge < -0.3 is 10.6 Å². The highest BCUT2D eigenvalue weighted by Crippen LogP contribution is 2.18. The van der Waals surface area contributed by atoms with E-state index in [1.54, 1.807) is 12.1 Å². The maximum absolute atomic E-state index is 13.3. The van der Waals surface area contributed by atoms with Gasteiger partial charge >= 0.3 is 0 Å². The predicted octanol–water partition coefficient (Wildman–Crippen LogP) is 4.99. The molecular weight excluding hydrogens is 376 g/mol. The van der Waals surface area contributed by atoms with Gasteiger partial charge in [0.25, 0.3) is 11.8 Å². The molecule has 2 N–H and O–H groups in total. The van der Waals surface area contributed by atoms with Crippen molar-refractivity contribution in [2.24, 2.45) is 0 Å². The summed E-state index contributed by atoms with van der Waals surface area (Å²) in [7, 11) is 0. The molecule has 0 saturated heterocycles. The van der Waals surface area contributed by atoms with Gasteiger partial charge in [-0.1, -0.05) is 26.0 Å². The summed E-state index contributed by atoms with van der Waals surface area (Å²) in [5.41, 5.74) is 2.17. The number of anilines is 2. The molecule has 0 aliphatic carbocycles. The molecule has 0 atom stereocenters. The number of pyridine rings is 1. The molecule has 0 fully saturated rings. The Kier molecular flexibility index (Phi) is 5.97. The number of aromatic nitrogens is 1. The second-order valence-electron chi connectivity index (χ2n) is 6.78. The van der Waals surface area contributed by atoms with Crippen LogP contribution in [0.1, 0.15) is 46.0 Å². The van der Waals surface area contributed by atoms with Gasteiger partial charge in [0, 0.05) is 29.8 Å². The summed E-state index contributed by atoms with van der Waals surface area (Å²) in [6.45, 7) is 4.16. The Balaban J connectivity index is 1.71. The summed E-state index contributed by atoms with van der Waals surface area (Å²) < 4.78 is 26.3. The van der Waals surface area contributed by atoms with Crippen LogP contribution in [0, 0.1) is 11.6 Å². The van der Waals surface area contributed by atoms with Crippen molar-refractivity contribution in [3.63, 3.8) is 0 Å². The van der Waals surface area contributed by atoms with Crippen LogP contribution in [0.4, 0.5) is 20.2 Å². The fraction of sp³-hybridized carbons (Fsp3) is 0.136. The first kappa shape index (κ1) is 20.1. The first-order valence-corrected chi connectivity index (χ1v) is 8.96. The summed E-state index contributed by atoms with van der Waals surface area (Å²) in [5.74, 6) is -2.72. The molecular formula is C22H19F2N3O2. The number of benzene rings is 2. The minimum atomic E-state index is -1.07. The molecule has 148 valence electrons. The average Bonchev–Trinajstić information content (AvgIpc) is 2.71. The van der Waals surface area contributed by atoms with Gasteiger partial charge in [-0.2, -0.15) is 0 Å². The molecule has 2 aromatic carbocycles. The largest absolute Gasteiger partial charge is 0.322 e. The molecule has 0 spiro atoms. The van der Waals surface area contributed by atoms with Gasteiger partial charge in [-0.15, -0.1) is 0 Å². The SMILES string of the molecule is CC(C)c1ccc(NC(=O)c2cncc(C(=O)Nc3ccc(F)c(F)c3)c2)cc1. The molecule has 0 saturated carbocycles. The van der Waals surface area contributed by atoms with Crippen LogP contribution >= 0.6 is 0 Å². The number of nitrogens with one attached hydrogen (secondary N) is 2. The topological polar surface area (TPSA) is 71.1 Å². The molecule has 0 aliphatic heterocycles. The van der Waals surface area contributed by atoms with Crippen LogP contribution in [-0.2, 0) is 0 Å². The van der Waals surface area contributed by atoms with Gasteiger partial charge in [0.05, 0.1) is 11.1 Å². The van der Waals surface area contributed by atoms with E-state index in [0.717, 1.165) is 17.7 Å². The second kappa shape index (κ2) is 8.60. The Bertz CT molecular complexity index is 1050. The van der Waals surface area contributed by atoms with Crippen LogP contribution in [0.15, 0.2) is 60.9 Å². The standard InChI is InChI=1S/C22H19F2N3O2/c1-13(2)14-3-5-17(6-4-14)26-21(28)15-9-16(12-25-11-15)22(29)27-18-7-8-19(23)20(24)10-18/h3-13H,1-2H3,(H,26,28)(H,27,29). The third kappa shape index (κ3) is 5.01. The van der Waals surface area contributed by atoms with Crippen molar-refractivity contribution < 1.29 is 18.4 Å².